The van der Waals surface area contributed by atoms with E-state index in [0.717, 1.165) is 17.7 Å². The van der Waals surface area contributed by atoms with Crippen molar-refractivity contribution in [1.29, 1.82) is 0 Å². The molecule has 0 fully saturated rings. The van der Waals surface area contributed by atoms with Crippen LogP contribution in [0.2, 0.25) is 0 Å². The van der Waals surface area contributed by atoms with Gasteiger partial charge in [-0.1, -0.05) is 29.9 Å². The van der Waals surface area contributed by atoms with Gasteiger partial charge in [0.2, 0.25) is 5.43 Å². The van der Waals surface area contributed by atoms with E-state index in [-0.39, 0.29) is 57.1 Å². The fraction of sp³-hybridized carbons (Fsp3) is 0.160. The van der Waals surface area contributed by atoms with Crippen LogP contribution in [0.5, 0.6) is 23.0 Å². The average molecular weight is 420 g/mol. The van der Waals surface area contributed by atoms with E-state index in [0.29, 0.717) is 5.57 Å². The van der Waals surface area contributed by atoms with Crippen LogP contribution in [0.4, 0.5) is 0 Å². The van der Waals surface area contributed by atoms with E-state index in [1.807, 2.05) is 19.9 Å². The van der Waals surface area contributed by atoms with E-state index in [1.54, 1.807) is 19.1 Å². The molecule has 0 bridgehead atoms. The van der Waals surface area contributed by atoms with Crippen LogP contribution in [0.3, 0.4) is 0 Å². The molecule has 0 unspecified atom stereocenters. The van der Waals surface area contributed by atoms with Crippen molar-refractivity contribution in [3.8, 4) is 34.3 Å². The fourth-order valence-corrected chi connectivity index (χ4v) is 3.20. The predicted octanol–water partition coefficient (Wildman–Crippen LogP) is 5.38. The highest BCUT2D eigenvalue weighted by atomic mass is 16.3. The molecule has 31 heavy (non-hydrogen) atoms. The van der Waals surface area contributed by atoms with Gasteiger partial charge < -0.3 is 24.8 Å². The van der Waals surface area contributed by atoms with Gasteiger partial charge in [0.25, 0.3) is 0 Å². The first kappa shape index (κ1) is 21.8. The summed E-state index contributed by atoms with van der Waals surface area (Å²) in [6, 6.07) is 5.05. The van der Waals surface area contributed by atoms with Gasteiger partial charge >= 0.3 is 0 Å². The maximum Gasteiger partial charge on any atom is 0.200 e. The van der Waals surface area contributed by atoms with Crippen LogP contribution >= 0.6 is 0 Å². The summed E-state index contributed by atoms with van der Waals surface area (Å²) in [7, 11) is 0. The second kappa shape index (κ2) is 8.44. The van der Waals surface area contributed by atoms with Gasteiger partial charge in [-0.2, -0.15) is 0 Å². The Morgan fingerprint density at radius 2 is 1.74 bits per heavy atom. The first-order valence-electron chi connectivity index (χ1n) is 9.64. The Kier molecular flexibility index (Phi) is 5.92. The third kappa shape index (κ3) is 4.33. The van der Waals surface area contributed by atoms with Crippen molar-refractivity contribution in [2.75, 3.05) is 0 Å². The number of rotatable bonds is 5. The number of allylic oxidation sites excluding steroid dienone is 4. The van der Waals surface area contributed by atoms with Crippen molar-refractivity contribution in [2.45, 2.75) is 27.2 Å². The summed E-state index contributed by atoms with van der Waals surface area (Å²) in [6.07, 6.45) is 5.21. The molecule has 3 rings (SSSR count). The van der Waals surface area contributed by atoms with Crippen LogP contribution in [0.1, 0.15) is 31.9 Å². The van der Waals surface area contributed by atoms with Gasteiger partial charge in [-0.05, 0) is 45.4 Å². The number of benzene rings is 2. The summed E-state index contributed by atoms with van der Waals surface area (Å²) in [5.41, 5.74) is 1.80. The van der Waals surface area contributed by atoms with Gasteiger partial charge in [0.05, 0.1) is 11.1 Å². The molecule has 2 aromatic carbocycles. The topological polar surface area (TPSA) is 111 Å². The normalized spacial score (nSPS) is 11.2. The van der Waals surface area contributed by atoms with E-state index in [9.17, 15) is 25.2 Å². The van der Waals surface area contributed by atoms with Gasteiger partial charge in [-0.25, -0.2) is 0 Å². The summed E-state index contributed by atoms with van der Waals surface area (Å²) >= 11 is 0. The first-order valence-corrected chi connectivity index (χ1v) is 9.64. The van der Waals surface area contributed by atoms with E-state index < -0.39 is 11.2 Å². The highest BCUT2D eigenvalue weighted by Crippen LogP contribution is 2.40. The lowest BCUT2D eigenvalue weighted by atomic mass is 9.98. The van der Waals surface area contributed by atoms with Crippen LogP contribution in [-0.2, 0) is 6.42 Å². The molecule has 0 aliphatic heterocycles. The number of phenols is 4. The minimum atomic E-state index is -0.483. The van der Waals surface area contributed by atoms with Gasteiger partial charge in [0, 0.05) is 17.7 Å². The minimum Gasteiger partial charge on any atom is -0.508 e. The Labute approximate surface area is 179 Å². The lowest BCUT2D eigenvalue weighted by Crippen LogP contribution is -2.11. The summed E-state index contributed by atoms with van der Waals surface area (Å²) < 4.78 is 6.07. The molecule has 6 heteroatoms. The smallest absolute Gasteiger partial charge is 0.200 e. The van der Waals surface area contributed by atoms with Gasteiger partial charge in [-0.15, -0.1) is 0 Å². The summed E-state index contributed by atoms with van der Waals surface area (Å²) in [5.74, 6) is -1.01. The molecule has 0 aliphatic carbocycles. The van der Waals surface area contributed by atoms with Gasteiger partial charge in [0.15, 0.2) is 5.58 Å². The predicted molar refractivity (Wildman–Crippen MR) is 122 cm³/mol. The van der Waals surface area contributed by atoms with Crippen molar-refractivity contribution in [3.63, 3.8) is 0 Å². The third-order valence-electron chi connectivity index (χ3n) is 4.73. The number of hydrogen-bond donors (Lipinski definition) is 4. The van der Waals surface area contributed by atoms with Crippen LogP contribution in [-0.4, -0.2) is 20.4 Å². The third-order valence-corrected chi connectivity index (χ3v) is 4.73. The van der Waals surface area contributed by atoms with Crippen molar-refractivity contribution in [2.24, 2.45) is 0 Å². The summed E-state index contributed by atoms with van der Waals surface area (Å²) in [4.78, 5) is 13.4. The van der Waals surface area contributed by atoms with Gasteiger partial charge in [0.1, 0.15) is 34.1 Å². The molecule has 3 aromatic rings. The average Bonchev–Trinajstić information content (AvgIpc) is 2.66. The molecule has 0 spiro atoms. The Morgan fingerprint density at radius 1 is 1.03 bits per heavy atom. The highest BCUT2D eigenvalue weighted by molar-refractivity contribution is 5.94. The minimum absolute atomic E-state index is 0.0246. The zero-order valence-corrected chi connectivity index (χ0v) is 17.6. The van der Waals surface area contributed by atoms with E-state index in [2.05, 4.69) is 6.58 Å². The number of fused-ring (bicyclic) bond motifs is 1. The fourth-order valence-electron chi connectivity index (χ4n) is 3.20. The van der Waals surface area contributed by atoms with Crippen LogP contribution in [0.15, 0.2) is 63.4 Å². The molecule has 0 atom stereocenters. The van der Waals surface area contributed by atoms with Gasteiger partial charge in [-0.3, -0.25) is 4.79 Å². The highest BCUT2D eigenvalue weighted by Gasteiger charge is 2.23. The molecule has 4 N–H and O–H groups in total. The molecule has 0 radical (unpaired) electrons. The molecule has 1 aromatic heterocycles. The van der Waals surface area contributed by atoms with E-state index in [4.69, 9.17) is 4.42 Å². The van der Waals surface area contributed by atoms with E-state index in [1.165, 1.54) is 12.1 Å². The van der Waals surface area contributed by atoms with Crippen molar-refractivity contribution < 1.29 is 24.8 Å². The number of phenolic OH excluding ortho intramolecular Hbond substituents is 4. The quantitative estimate of drug-likeness (QED) is 0.326. The van der Waals surface area contributed by atoms with Crippen molar-refractivity contribution >= 4 is 17.0 Å². The van der Waals surface area contributed by atoms with Crippen LogP contribution < -0.4 is 5.43 Å². The SMILES string of the molecule is C=C(C)/C=C/c1c(O)cc(O)c2c(=O)c(CC=C(C)C)c(-c3ccc(O)cc3O)oc12. The maximum absolute atomic E-state index is 13.4. The lowest BCUT2D eigenvalue weighted by molar-refractivity contribution is 0.449. The van der Waals surface area contributed by atoms with Crippen molar-refractivity contribution in [3.05, 3.63) is 75.5 Å². The molecule has 1 heterocycles. The molecule has 160 valence electrons. The second-order valence-corrected chi connectivity index (χ2v) is 7.64. The molecule has 0 amide bonds. The molecule has 0 saturated carbocycles. The van der Waals surface area contributed by atoms with Crippen LogP contribution in [0, 0.1) is 0 Å². The monoisotopic (exact) mass is 420 g/mol. The standard InChI is InChI=1S/C25H24O6/c1-13(2)5-8-17-20(28)12-21(29)22-23(30)18(9-6-14(3)4)24(31-25(17)22)16-10-7-15(26)11-19(16)27/h5-8,10-12,26-29H,1,9H2,2-4H3/b8-5+. The molecule has 0 saturated heterocycles. The Balaban J connectivity index is 2.48. The number of hydrogen-bond acceptors (Lipinski definition) is 6. The Hall–Kier alpha value is -3.93. The first-order chi connectivity index (χ1) is 14.6. The second-order valence-electron chi connectivity index (χ2n) is 7.64. The molecular formula is C25H24O6. The summed E-state index contributed by atoms with van der Waals surface area (Å²) in [6.45, 7) is 9.32. The zero-order chi connectivity index (χ0) is 22.9. The Bertz CT molecular complexity index is 1300. The largest absolute Gasteiger partial charge is 0.508 e. The maximum atomic E-state index is 13.4. The van der Waals surface area contributed by atoms with Crippen LogP contribution in [0.25, 0.3) is 28.4 Å². The molecular weight excluding hydrogens is 396 g/mol. The van der Waals surface area contributed by atoms with E-state index >= 15 is 0 Å². The molecule has 0 aliphatic rings. The molecule has 6 nitrogen and oxygen atoms in total. The lowest BCUT2D eigenvalue weighted by Gasteiger charge is -2.14. The van der Waals surface area contributed by atoms with Crippen molar-refractivity contribution in [1.82, 2.24) is 0 Å². The Morgan fingerprint density at radius 3 is 2.35 bits per heavy atom. The summed E-state index contributed by atoms with van der Waals surface area (Å²) in [5, 5.41) is 40.8. The zero-order valence-electron chi connectivity index (χ0n) is 17.6. The number of aromatic hydroxyl groups is 4.